The Morgan fingerprint density at radius 2 is 1.90 bits per heavy atom. The highest BCUT2D eigenvalue weighted by Gasteiger charge is 2.44. The molecule has 2 fully saturated rings. The van der Waals surface area contributed by atoms with E-state index < -0.39 is 6.10 Å². The lowest BCUT2D eigenvalue weighted by Crippen LogP contribution is -2.36. The second-order valence-electron chi connectivity index (χ2n) is 8.89. The van der Waals surface area contributed by atoms with Crippen molar-refractivity contribution in [2.24, 2.45) is 11.8 Å². The predicted molar refractivity (Wildman–Crippen MR) is 115 cm³/mol. The van der Waals surface area contributed by atoms with Crippen molar-refractivity contribution in [1.29, 1.82) is 0 Å². The summed E-state index contributed by atoms with van der Waals surface area (Å²) in [6, 6.07) is 14.1. The fraction of sp³-hybridized carbons (Fsp3) is 0.333. The molecule has 2 aromatic heterocycles. The topological polar surface area (TPSA) is 74.2 Å². The Bertz CT molecular complexity index is 1300. The van der Waals surface area contributed by atoms with Crippen molar-refractivity contribution in [1.82, 2.24) is 19.4 Å². The lowest BCUT2D eigenvalue weighted by Gasteiger charge is -2.36. The van der Waals surface area contributed by atoms with E-state index in [9.17, 15) is 14.3 Å². The first kappa shape index (κ1) is 18.6. The van der Waals surface area contributed by atoms with Crippen LogP contribution in [0.25, 0.3) is 21.9 Å². The van der Waals surface area contributed by atoms with E-state index in [1.165, 1.54) is 12.1 Å². The Hall–Kier alpha value is -3.19. The Balaban J connectivity index is 1.23. The molecule has 7 heteroatoms. The largest absolute Gasteiger partial charge is 0.391 e. The van der Waals surface area contributed by atoms with Gasteiger partial charge in [-0.15, -0.1) is 0 Å². The minimum absolute atomic E-state index is 0.0419. The van der Waals surface area contributed by atoms with Gasteiger partial charge in [-0.1, -0.05) is 12.1 Å². The number of nitrogens with one attached hydrogen (secondary N) is 1. The van der Waals surface area contributed by atoms with Gasteiger partial charge >= 0.3 is 0 Å². The molecule has 6 nitrogen and oxygen atoms in total. The number of H-pyrrole nitrogens is 1. The molecule has 0 radical (unpaired) electrons. The van der Waals surface area contributed by atoms with Gasteiger partial charge in [0.25, 0.3) is 5.91 Å². The number of hydrogen-bond donors (Lipinski definition) is 2. The molecule has 4 atom stereocenters. The molecule has 2 aromatic carbocycles. The van der Waals surface area contributed by atoms with Crippen LogP contribution in [0.5, 0.6) is 0 Å². The highest BCUT2D eigenvalue weighted by Crippen LogP contribution is 2.42. The second-order valence-corrected chi connectivity index (χ2v) is 8.89. The molecule has 1 aliphatic carbocycles. The van der Waals surface area contributed by atoms with E-state index in [2.05, 4.69) is 14.5 Å². The molecule has 0 spiro atoms. The Morgan fingerprint density at radius 1 is 1.10 bits per heavy atom. The van der Waals surface area contributed by atoms with Gasteiger partial charge in [0.1, 0.15) is 11.5 Å². The van der Waals surface area contributed by atoms with E-state index in [0.29, 0.717) is 36.5 Å². The molecule has 4 aromatic rings. The number of fused-ring (bicyclic) bond motifs is 3. The number of aromatic amines is 1. The zero-order valence-corrected chi connectivity index (χ0v) is 16.9. The lowest BCUT2D eigenvalue weighted by molar-refractivity contribution is 0.0374. The van der Waals surface area contributed by atoms with Gasteiger partial charge < -0.3 is 19.6 Å². The van der Waals surface area contributed by atoms with Gasteiger partial charge in [0, 0.05) is 24.0 Å². The molecule has 0 bridgehead atoms. The van der Waals surface area contributed by atoms with Crippen LogP contribution >= 0.6 is 0 Å². The minimum Gasteiger partial charge on any atom is -0.391 e. The average molecular weight is 418 g/mol. The van der Waals surface area contributed by atoms with Crippen molar-refractivity contribution < 1.29 is 14.3 Å². The van der Waals surface area contributed by atoms with Crippen LogP contribution in [0.2, 0.25) is 0 Å². The monoisotopic (exact) mass is 418 g/mol. The van der Waals surface area contributed by atoms with Gasteiger partial charge in [0.15, 0.2) is 0 Å². The number of rotatable bonds is 2. The molecule has 1 saturated carbocycles. The van der Waals surface area contributed by atoms with E-state index in [-0.39, 0.29) is 23.7 Å². The molecular formula is C24H23FN4O2. The number of aliphatic hydroxyl groups excluding tert-OH is 1. The average Bonchev–Trinajstić information content (AvgIpc) is 3.48. The summed E-state index contributed by atoms with van der Waals surface area (Å²) in [6.07, 6.45) is 2.84. The van der Waals surface area contributed by atoms with Gasteiger partial charge in [-0.2, -0.15) is 0 Å². The smallest absolute Gasteiger partial charge is 0.270 e. The summed E-state index contributed by atoms with van der Waals surface area (Å²) in [5.74, 6) is 0.238. The number of carbonyl (C=O) groups is 1. The Kier molecular flexibility index (Phi) is 4.14. The standard InChI is InChI=1S/C24H23FN4O2/c25-17-5-6-18-14(7-17)8-20(27-18)24(31)28-11-15-9-22(23(30)10-16(15)12-28)29-13-26-19-3-1-2-4-21(19)29/h1-8,13,15-16,22-23,27,30H,9-12H2/t15-,16+,22-,23-/m1/s1. The van der Waals surface area contributed by atoms with Crippen LogP contribution in [0, 0.1) is 17.7 Å². The van der Waals surface area contributed by atoms with Crippen LogP contribution in [-0.4, -0.2) is 49.6 Å². The maximum Gasteiger partial charge on any atom is 0.270 e. The fourth-order valence-corrected chi connectivity index (χ4v) is 5.50. The van der Waals surface area contributed by atoms with Crippen molar-refractivity contribution in [3.05, 3.63) is 66.4 Å². The summed E-state index contributed by atoms with van der Waals surface area (Å²) < 4.78 is 15.6. The third-order valence-corrected chi connectivity index (χ3v) is 7.05. The van der Waals surface area contributed by atoms with Crippen molar-refractivity contribution >= 4 is 27.8 Å². The number of halogens is 1. The van der Waals surface area contributed by atoms with Gasteiger partial charge in [-0.3, -0.25) is 4.79 Å². The van der Waals surface area contributed by atoms with Crippen molar-refractivity contribution in [2.45, 2.75) is 25.0 Å². The maximum absolute atomic E-state index is 13.5. The molecule has 2 N–H and O–H groups in total. The highest BCUT2D eigenvalue weighted by atomic mass is 19.1. The van der Waals surface area contributed by atoms with E-state index in [0.717, 1.165) is 23.0 Å². The molecule has 31 heavy (non-hydrogen) atoms. The van der Waals surface area contributed by atoms with Gasteiger partial charge in [0.05, 0.1) is 29.5 Å². The molecule has 3 heterocycles. The van der Waals surface area contributed by atoms with E-state index >= 15 is 0 Å². The molecule has 6 rings (SSSR count). The normalized spacial score (nSPS) is 25.9. The first-order valence-corrected chi connectivity index (χ1v) is 10.7. The van der Waals surface area contributed by atoms with Crippen LogP contribution in [0.15, 0.2) is 54.9 Å². The minimum atomic E-state index is -0.468. The quantitative estimate of drug-likeness (QED) is 0.521. The van der Waals surface area contributed by atoms with Crippen LogP contribution in [0.1, 0.15) is 29.4 Å². The summed E-state index contributed by atoms with van der Waals surface area (Å²) in [5, 5.41) is 11.6. The van der Waals surface area contributed by atoms with Crippen molar-refractivity contribution in [3.8, 4) is 0 Å². The number of para-hydroxylation sites is 2. The van der Waals surface area contributed by atoms with E-state index in [1.807, 2.05) is 35.5 Å². The number of imidazole rings is 1. The van der Waals surface area contributed by atoms with Crippen molar-refractivity contribution in [3.63, 3.8) is 0 Å². The fourth-order valence-electron chi connectivity index (χ4n) is 5.50. The molecule has 158 valence electrons. The van der Waals surface area contributed by atoms with E-state index in [1.54, 1.807) is 12.1 Å². The Labute approximate surface area is 178 Å². The van der Waals surface area contributed by atoms with Crippen LogP contribution in [-0.2, 0) is 0 Å². The summed E-state index contributed by atoms with van der Waals surface area (Å²) in [7, 11) is 0. The van der Waals surface area contributed by atoms with Gasteiger partial charge in [0.2, 0.25) is 0 Å². The number of hydrogen-bond acceptors (Lipinski definition) is 3. The number of aromatic nitrogens is 3. The number of nitrogens with zero attached hydrogens (tertiary/aromatic N) is 3. The SMILES string of the molecule is O=C(c1cc2cc(F)ccc2[nH]1)N1C[C@H]2C[C@@H](n3cnc4ccccc43)[C@H](O)C[C@H]2C1. The van der Waals surface area contributed by atoms with E-state index in [4.69, 9.17) is 0 Å². The molecule has 2 aliphatic rings. The lowest BCUT2D eigenvalue weighted by atomic mass is 9.77. The number of aliphatic hydroxyl groups is 1. The maximum atomic E-state index is 13.5. The second kappa shape index (κ2) is 6.92. The first-order valence-electron chi connectivity index (χ1n) is 10.7. The molecule has 1 amide bonds. The number of amides is 1. The van der Waals surface area contributed by atoms with Crippen LogP contribution < -0.4 is 0 Å². The summed E-state index contributed by atoms with van der Waals surface area (Å²) in [4.78, 5) is 22.6. The first-order chi connectivity index (χ1) is 15.1. The van der Waals surface area contributed by atoms with Gasteiger partial charge in [-0.05, 0) is 61.1 Å². The van der Waals surface area contributed by atoms with Crippen LogP contribution in [0.3, 0.4) is 0 Å². The zero-order valence-electron chi connectivity index (χ0n) is 16.9. The third kappa shape index (κ3) is 3.03. The summed E-state index contributed by atoms with van der Waals surface area (Å²) in [6.45, 7) is 1.31. The zero-order chi connectivity index (χ0) is 21.1. The predicted octanol–water partition coefficient (Wildman–Crippen LogP) is 3.74. The third-order valence-electron chi connectivity index (χ3n) is 7.05. The Morgan fingerprint density at radius 3 is 2.77 bits per heavy atom. The van der Waals surface area contributed by atoms with Crippen LogP contribution in [0.4, 0.5) is 4.39 Å². The summed E-state index contributed by atoms with van der Waals surface area (Å²) in [5.41, 5.74) is 3.19. The molecule has 1 aliphatic heterocycles. The van der Waals surface area contributed by atoms with Gasteiger partial charge in [-0.25, -0.2) is 9.37 Å². The van der Waals surface area contributed by atoms with Crippen molar-refractivity contribution in [2.75, 3.05) is 13.1 Å². The summed E-state index contributed by atoms with van der Waals surface area (Å²) >= 11 is 0. The molecular weight excluding hydrogens is 395 g/mol. The molecule has 1 saturated heterocycles. The number of benzene rings is 2. The number of carbonyl (C=O) groups excluding carboxylic acids is 1. The highest BCUT2D eigenvalue weighted by molar-refractivity contribution is 5.98. The molecule has 0 unspecified atom stereocenters. The number of likely N-dealkylation sites (tertiary alicyclic amines) is 1.